The van der Waals surface area contributed by atoms with Crippen molar-refractivity contribution in [2.45, 2.75) is 31.9 Å². The zero-order valence-corrected chi connectivity index (χ0v) is 12.5. The van der Waals surface area contributed by atoms with E-state index >= 15 is 0 Å². The Labute approximate surface area is 123 Å². The molecule has 0 spiro atoms. The molecule has 6 heteroatoms. The number of alkyl halides is 3. The van der Waals surface area contributed by atoms with Crippen LogP contribution in [0.2, 0.25) is 0 Å². The molecule has 0 aromatic carbocycles. The minimum absolute atomic E-state index is 0.202. The fourth-order valence-corrected chi connectivity index (χ4v) is 3.13. The molecular weight excluding hydrogens is 279 g/mol. The van der Waals surface area contributed by atoms with Crippen LogP contribution in [0, 0.1) is 5.41 Å². The molecule has 118 valence electrons. The Hall–Kier alpha value is -1.30. The maximum absolute atomic E-state index is 12.5. The first kappa shape index (κ1) is 16.1. The lowest BCUT2D eigenvalue weighted by Crippen LogP contribution is -2.37. The highest BCUT2D eigenvalue weighted by Crippen LogP contribution is 2.38. The van der Waals surface area contributed by atoms with E-state index in [1.807, 2.05) is 0 Å². The van der Waals surface area contributed by atoms with Gasteiger partial charge in [0.05, 0.1) is 5.56 Å². The van der Waals surface area contributed by atoms with Crippen LogP contribution >= 0.6 is 0 Å². The van der Waals surface area contributed by atoms with Crippen molar-refractivity contribution in [3.63, 3.8) is 0 Å². The summed E-state index contributed by atoms with van der Waals surface area (Å²) in [6, 6.07) is 2.48. The van der Waals surface area contributed by atoms with Crippen LogP contribution in [0.5, 0.6) is 0 Å². The fraction of sp³-hybridized carbons (Fsp3) is 0.667. The first-order valence-corrected chi connectivity index (χ1v) is 7.23. The lowest BCUT2D eigenvalue weighted by Gasteiger charge is -2.32. The Morgan fingerprint density at radius 1 is 1.24 bits per heavy atom. The van der Waals surface area contributed by atoms with Gasteiger partial charge in [0, 0.05) is 24.7 Å². The lowest BCUT2D eigenvalue weighted by molar-refractivity contribution is -0.137. The monoisotopic (exact) mass is 301 g/mol. The van der Waals surface area contributed by atoms with Gasteiger partial charge in [-0.1, -0.05) is 12.8 Å². The van der Waals surface area contributed by atoms with E-state index in [0.29, 0.717) is 5.82 Å². The predicted octanol–water partition coefficient (Wildman–Crippen LogP) is 3.63. The maximum atomic E-state index is 12.5. The summed E-state index contributed by atoms with van der Waals surface area (Å²) in [4.78, 5) is 6.05. The van der Waals surface area contributed by atoms with Crippen LogP contribution in [0.4, 0.5) is 19.0 Å². The quantitative estimate of drug-likeness (QED) is 0.900. The van der Waals surface area contributed by atoms with Crippen LogP contribution in [0.15, 0.2) is 18.3 Å². The molecule has 1 aromatic heterocycles. The van der Waals surface area contributed by atoms with Crippen LogP contribution < -0.4 is 5.32 Å². The van der Waals surface area contributed by atoms with Crippen molar-refractivity contribution in [1.82, 2.24) is 9.88 Å². The highest BCUT2D eigenvalue weighted by molar-refractivity contribution is 5.36. The van der Waals surface area contributed by atoms with Crippen LogP contribution in [0.25, 0.3) is 0 Å². The molecule has 0 radical (unpaired) electrons. The van der Waals surface area contributed by atoms with E-state index in [9.17, 15) is 13.2 Å². The highest BCUT2D eigenvalue weighted by Gasteiger charge is 2.34. The molecule has 3 nitrogen and oxygen atoms in total. The number of rotatable bonds is 5. The second kappa shape index (κ2) is 6.22. The van der Waals surface area contributed by atoms with Gasteiger partial charge in [0.15, 0.2) is 0 Å². The molecule has 0 bridgehead atoms. The van der Waals surface area contributed by atoms with E-state index in [2.05, 4.69) is 29.3 Å². The summed E-state index contributed by atoms with van der Waals surface area (Å²) < 4.78 is 37.5. The van der Waals surface area contributed by atoms with Gasteiger partial charge in [0.25, 0.3) is 0 Å². The number of aromatic nitrogens is 1. The summed E-state index contributed by atoms with van der Waals surface area (Å²) in [7, 11) is 4.10. The van der Waals surface area contributed by atoms with Crippen molar-refractivity contribution < 1.29 is 13.2 Å². The number of hydrogen-bond acceptors (Lipinski definition) is 3. The topological polar surface area (TPSA) is 28.2 Å². The van der Waals surface area contributed by atoms with Crippen molar-refractivity contribution in [1.29, 1.82) is 0 Å². The number of hydrogen-bond donors (Lipinski definition) is 1. The van der Waals surface area contributed by atoms with Crippen molar-refractivity contribution in [2.75, 3.05) is 32.5 Å². The van der Waals surface area contributed by atoms with Gasteiger partial charge < -0.3 is 10.2 Å². The molecule has 1 aliphatic carbocycles. The molecule has 1 aromatic rings. The van der Waals surface area contributed by atoms with E-state index in [-0.39, 0.29) is 5.41 Å². The molecule has 0 saturated heterocycles. The SMILES string of the molecule is CN(C)CC1(CNc2ccc(C(F)(F)F)cn2)CCCC1. The Morgan fingerprint density at radius 3 is 2.38 bits per heavy atom. The summed E-state index contributed by atoms with van der Waals surface area (Å²) >= 11 is 0. The van der Waals surface area contributed by atoms with E-state index < -0.39 is 11.7 Å². The van der Waals surface area contributed by atoms with E-state index in [4.69, 9.17) is 0 Å². The Kier molecular flexibility index (Phi) is 4.76. The van der Waals surface area contributed by atoms with E-state index in [1.54, 1.807) is 0 Å². The minimum atomic E-state index is -4.33. The third kappa shape index (κ3) is 4.33. The summed E-state index contributed by atoms with van der Waals surface area (Å²) in [5, 5.41) is 3.21. The molecule has 21 heavy (non-hydrogen) atoms. The normalized spacial score (nSPS) is 18.2. The zero-order valence-electron chi connectivity index (χ0n) is 12.5. The fourth-order valence-electron chi connectivity index (χ4n) is 3.13. The van der Waals surface area contributed by atoms with E-state index in [0.717, 1.165) is 38.2 Å². The molecule has 0 atom stereocenters. The molecule has 2 rings (SSSR count). The Bertz CT molecular complexity index is 448. The highest BCUT2D eigenvalue weighted by atomic mass is 19.4. The van der Waals surface area contributed by atoms with Crippen LogP contribution in [-0.4, -0.2) is 37.1 Å². The van der Waals surface area contributed by atoms with Gasteiger partial charge in [0.1, 0.15) is 5.82 Å². The molecule has 1 fully saturated rings. The van der Waals surface area contributed by atoms with E-state index in [1.165, 1.54) is 18.9 Å². The standard InChI is InChI=1S/C15H22F3N3/c1-21(2)11-14(7-3-4-8-14)10-20-13-6-5-12(9-19-13)15(16,17)18/h5-6,9H,3-4,7-8,10-11H2,1-2H3,(H,19,20). The van der Waals surface area contributed by atoms with Crippen LogP contribution in [0.3, 0.4) is 0 Å². The molecule has 0 aliphatic heterocycles. The van der Waals surface area contributed by atoms with Crippen LogP contribution in [0.1, 0.15) is 31.2 Å². The van der Waals surface area contributed by atoms with Crippen molar-refractivity contribution in [3.05, 3.63) is 23.9 Å². The third-order valence-corrected chi connectivity index (χ3v) is 4.05. The first-order chi connectivity index (χ1) is 9.81. The average molecular weight is 301 g/mol. The molecular formula is C15H22F3N3. The van der Waals surface area contributed by atoms with Gasteiger partial charge >= 0.3 is 6.18 Å². The van der Waals surface area contributed by atoms with Crippen molar-refractivity contribution in [3.8, 4) is 0 Å². The van der Waals surface area contributed by atoms with Crippen LogP contribution in [-0.2, 0) is 6.18 Å². The number of pyridine rings is 1. The molecule has 1 saturated carbocycles. The van der Waals surface area contributed by atoms with Gasteiger partial charge in [-0.25, -0.2) is 4.98 Å². The van der Waals surface area contributed by atoms with Gasteiger partial charge in [-0.2, -0.15) is 13.2 Å². The molecule has 1 heterocycles. The minimum Gasteiger partial charge on any atom is -0.369 e. The summed E-state index contributed by atoms with van der Waals surface area (Å²) in [6.07, 6.45) is 1.29. The number of nitrogens with zero attached hydrogens (tertiary/aromatic N) is 2. The Balaban J connectivity index is 1.98. The number of halogens is 3. The first-order valence-electron chi connectivity index (χ1n) is 7.23. The van der Waals surface area contributed by atoms with Gasteiger partial charge in [0.2, 0.25) is 0 Å². The van der Waals surface area contributed by atoms with Crippen molar-refractivity contribution >= 4 is 5.82 Å². The van der Waals surface area contributed by atoms with Gasteiger partial charge in [-0.05, 0) is 39.1 Å². The average Bonchev–Trinajstić information content (AvgIpc) is 2.84. The zero-order chi connectivity index (χ0) is 15.5. The Morgan fingerprint density at radius 2 is 1.90 bits per heavy atom. The summed E-state index contributed by atoms with van der Waals surface area (Å²) in [5.41, 5.74) is -0.509. The molecule has 1 N–H and O–H groups in total. The second-order valence-corrected chi connectivity index (χ2v) is 6.23. The number of nitrogens with one attached hydrogen (secondary N) is 1. The third-order valence-electron chi connectivity index (χ3n) is 4.05. The molecule has 0 unspecified atom stereocenters. The summed E-state index contributed by atoms with van der Waals surface area (Å²) in [5.74, 6) is 0.507. The number of anilines is 1. The summed E-state index contributed by atoms with van der Waals surface area (Å²) in [6.45, 7) is 1.74. The second-order valence-electron chi connectivity index (χ2n) is 6.23. The van der Waals surface area contributed by atoms with Gasteiger partial charge in [-0.15, -0.1) is 0 Å². The molecule has 0 amide bonds. The predicted molar refractivity (Wildman–Crippen MR) is 77.2 cm³/mol. The largest absolute Gasteiger partial charge is 0.417 e. The van der Waals surface area contributed by atoms with Crippen molar-refractivity contribution in [2.24, 2.45) is 5.41 Å². The van der Waals surface area contributed by atoms with Gasteiger partial charge in [-0.3, -0.25) is 0 Å². The maximum Gasteiger partial charge on any atom is 0.417 e. The molecule has 1 aliphatic rings. The lowest BCUT2D eigenvalue weighted by atomic mass is 9.85. The smallest absolute Gasteiger partial charge is 0.369 e.